The van der Waals surface area contributed by atoms with Gasteiger partial charge in [-0.2, -0.15) is 5.21 Å². The molecule has 3 heterocycles. The first-order chi connectivity index (χ1) is 12.6. The van der Waals surface area contributed by atoms with Crippen molar-refractivity contribution in [2.24, 2.45) is 4.99 Å². The van der Waals surface area contributed by atoms with Gasteiger partial charge in [-0.15, -0.1) is 10.2 Å². The average molecular weight is 344 g/mol. The van der Waals surface area contributed by atoms with Gasteiger partial charge < -0.3 is 10.1 Å². The second kappa shape index (κ2) is 5.09. The van der Waals surface area contributed by atoms with Gasteiger partial charge in [-0.3, -0.25) is 4.79 Å². The molecule has 0 unspecified atom stereocenters. The highest BCUT2D eigenvalue weighted by molar-refractivity contribution is 6.56. The molecule has 0 fully saturated rings. The second-order valence-corrected chi connectivity index (χ2v) is 6.10. The molecule has 3 N–H and O–H groups in total. The maximum atomic E-state index is 13.0. The Morgan fingerprint density at radius 2 is 2.04 bits per heavy atom. The van der Waals surface area contributed by atoms with Gasteiger partial charge in [0.2, 0.25) is 11.6 Å². The van der Waals surface area contributed by atoms with E-state index in [-0.39, 0.29) is 17.4 Å². The summed E-state index contributed by atoms with van der Waals surface area (Å²) in [5.41, 5.74) is 4.08. The van der Waals surface area contributed by atoms with Crippen molar-refractivity contribution in [1.29, 1.82) is 0 Å². The molecule has 1 aliphatic rings. The number of aromatic amines is 2. The molecule has 2 aromatic heterocycles. The van der Waals surface area contributed by atoms with Crippen molar-refractivity contribution in [2.45, 2.75) is 6.92 Å². The molecule has 0 spiro atoms. The quantitative estimate of drug-likeness (QED) is 0.516. The number of fused-ring (bicyclic) bond motifs is 2. The Kier molecular flexibility index (Phi) is 2.84. The maximum absolute atomic E-state index is 13.0. The van der Waals surface area contributed by atoms with Gasteiger partial charge in [0.25, 0.3) is 0 Å². The van der Waals surface area contributed by atoms with E-state index in [4.69, 9.17) is 0 Å². The largest absolute Gasteiger partial charge is 0.494 e. The lowest BCUT2D eigenvalue weighted by atomic mass is 9.99. The number of hydrogen-bond acceptors (Lipinski definition) is 6. The fourth-order valence-corrected chi connectivity index (χ4v) is 3.30. The van der Waals surface area contributed by atoms with Crippen LogP contribution in [0.15, 0.2) is 41.4 Å². The molecule has 2 aromatic carbocycles. The zero-order chi connectivity index (χ0) is 17.8. The lowest BCUT2D eigenvalue weighted by Crippen LogP contribution is -2.11. The molecule has 0 bridgehead atoms. The number of H-pyrrole nitrogens is 2. The Morgan fingerprint density at radius 3 is 2.85 bits per heavy atom. The zero-order valence-electron chi connectivity index (χ0n) is 13.6. The number of aryl methyl sites for hydroxylation is 1. The molecule has 126 valence electrons. The summed E-state index contributed by atoms with van der Waals surface area (Å²) in [4.78, 5) is 20.4. The fourth-order valence-electron chi connectivity index (χ4n) is 3.30. The van der Waals surface area contributed by atoms with E-state index in [2.05, 4.69) is 30.6 Å². The van der Waals surface area contributed by atoms with E-state index in [1.54, 1.807) is 18.2 Å². The van der Waals surface area contributed by atoms with E-state index in [9.17, 15) is 9.90 Å². The van der Waals surface area contributed by atoms with Gasteiger partial charge in [-0.25, -0.2) is 4.99 Å². The van der Waals surface area contributed by atoms with Crippen LogP contribution < -0.4 is 0 Å². The molecule has 4 aromatic rings. The maximum Gasteiger partial charge on any atom is 0.214 e. The smallest absolute Gasteiger partial charge is 0.214 e. The number of aromatic hydroxyl groups is 1. The molecule has 0 saturated carbocycles. The van der Waals surface area contributed by atoms with Crippen LogP contribution in [0.2, 0.25) is 0 Å². The number of tetrazole rings is 1. The highest BCUT2D eigenvalue weighted by Gasteiger charge is 2.30. The van der Waals surface area contributed by atoms with Crippen molar-refractivity contribution in [2.75, 3.05) is 0 Å². The van der Waals surface area contributed by atoms with Crippen molar-refractivity contribution < 1.29 is 9.90 Å². The molecule has 0 radical (unpaired) electrons. The molecule has 8 heteroatoms. The van der Waals surface area contributed by atoms with Crippen LogP contribution in [0.4, 0.5) is 5.69 Å². The molecular weight excluding hydrogens is 332 g/mol. The second-order valence-electron chi connectivity index (χ2n) is 6.10. The SMILES string of the molecule is Cc1cccc2c(C3=Nc4ccc(-c5nn[nH]n5)cc4C3=O)c(O)[nH]c12. The van der Waals surface area contributed by atoms with Crippen LogP contribution in [0.3, 0.4) is 0 Å². The lowest BCUT2D eigenvalue weighted by molar-refractivity contribution is 0.107. The summed E-state index contributed by atoms with van der Waals surface area (Å²) in [5.74, 6) is 0.0928. The number of ketones is 1. The van der Waals surface area contributed by atoms with Crippen LogP contribution in [0, 0.1) is 6.92 Å². The molecule has 26 heavy (non-hydrogen) atoms. The van der Waals surface area contributed by atoms with Gasteiger partial charge in [0.1, 0.15) is 5.71 Å². The van der Waals surface area contributed by atoms with Crippen LogP contribution in [-0.2, 0) is 0 Å². The summed E-state index contributed by atoms with van der Waals surface area (Å²) in [5, 5.41) is 24.9. The van der Waals surface area contributed by atoms with E-state index < -0.39 is 0 Å². The topological polar surface area (TPSA) is 120 Å². The first kappa shape index (κ1) is 14.5. The van der Waals surface area contributed by atoms with E-state index in [0.29, 0.717) is 28.2 Å². The highest BCUT2D eigenvalue weighted by atomic mass is 16.3. The van der Waals surface area contributed by atoms with E-state index in [1.165, 1.54) is 0 Å². The lowest BCUT2D eigenvalue weighted by Gasteiger charge is -2.00. The first-order valence-corrected chi connectivity index (χ1v) is 7.95. The van der Waals surface area contributed by atoms with E-state index in [1.807, 2.05) is 25.1 Å². The van der Waals surface area contributed by atoms with Crippen LogP contribution in [0.5, 0.6) is 5.88 Å². The molecule has 1 aliphatic heterocycles. The Morgan fingerprint density at radius 1 is 1.15 bits per heavy atom. The van der Waals surface area contributed by atoms with Crippen molar-refractivity contribution in [1.82, 2.24) is 25.6 Å². The van der Waals surface area contributed by atoms with Crippen LogP contribution in [0.25, 0.3) is 22.3 Å². The molecule has 0 saturated heterocycles. The van der Waals surface area contributed by atoms with Gasteiger partial charge >= 0.3 is 0 Å². The van der Waals surface area contributed by atoms with Crippen molar-refractivity contribution in [3.63, 3.8) is 0 Å². The molecule has 5 rings (SSSR count). The summed E-state index contributed by atoms with van der Waals surface area (Å²) in [6.45, 7) is 1.94. The summed E-state index contributed by atoms with van der Waals surface area (Å²) in [6.07, 6.45) is 0. The van der Waals surface area contributed by atoms with Crippen LogP contribution in [0.1, 0.15) is 21.5 Å². The van der Waals surface area contributed by atoms with Crippen LogP contribution >= 0.6 is 0 Å². The predicted molar refractivity (Wildman–Crippen MR) is 94.8 cm³/mol. The van der Waals surface area contributed by atoms with Gasteiger partial charge in [0, 0.05) is 10.9 Å². The molecule has 0 atom stereocenters. The number of aromatic nitrogens is 5. The Hall–Kier alpha value is -3.81. The molecule has 0 amide bonds. The zero-order valence-corrected chi connectivity index (χ0v) is 13.6. The third kappa shape index (κ3) is 1.92. The number of benzene rings is 2. The number of carbonyl (C=O) groups is 1. The van der Waals surface area contributed by atoms with Crippen molar-refractivity contribution in [3.05, 3.63) is 53.1 Å². The van der Waals surface area contributed by atoms with Crippen molar-refractivity contribution >= 4 is 28.1 Å². The minimum Gasteiger partial charge on any atom is -0.494 e. The summed E-state index contributed by atoms with van der Waals surface area (Å²) < 4.78 is 0. The number of para-hydroxylation sites is 1. The number of Topliss-reactive ketones (excluding diaryl/α,β-unsaturated/α-hetero) is 1. The van der Waals surface area contributed by atoms with Gasteiger partial charge in [0.15, 0.2) is 5.88 Å². The summed E-state index contributed by atoms with van der Waals surface area (Å²) >= 11 is 0. The normalized spacial score (nSPS) is 13.3. The summed E-state index contributed by atoms with van der Waals surface area (Å²) in [6, 6.07) is 10.9. The number of aliphatic imine (C=N–C) groups is 1. The Bertz CT molecular complexity index is 1220. The number of nitrogens with zero attached hydrogens (tertiary/aromatic N) is 4. The third-order valence-corrected chi connectivity index (χ3v) is 4.55. The average Bonchev–Trinajstić information content (AvgIpc) is 3.34. The van der Waals surface area contributed by atoms with Gasteiger partial charge in [-0.05, 0) is 35.9 Å². The number of hydrogen-bond donors (Lipinski definition) is 3. The minimum absolute atomic E-state index is 0.0624. The summed E-state index contributed by atoms with van der Waals surface area (Å²) in [7, 11) is 0. The van der Waals surface area contributed by atoms with Crippen molar-refractivity contribution in [3.8, 4) is 17.3 Å². The minimum atomic E-state index is -0.247. The number of rotatable bonds is 2. The van der Waals surface area contributed by atoms with Gasteiger partial charge in [-0.1, -0.05) is 18.2 Å². The highest BCUT2D eigenvalue weighted by Crippen LogP contribution is 2.37. The molecule has 8 nitrogen and oxygen atoms in total. The van der Waals surface area contributed by atoms with E-state index >= 15 is 0 Å². The standard InChI is InChI=1S/C18H12N6O2/c1-8-3-2-4-10-13(18(26)20-14(8)10)15-16(25)11-7-9(5-6-12(11)19-15)17-21-23-24-22-17/h2-7,20,26H,1H3,(H,21,22,23,24). The third-order valence-electron chi connectivity index (χ3n) is 4.55. The fraction of sp³-hybridized carbons (Fsp3) is 0.0556. The monoisotopic (exact) mass is 344 g/mol. The number of carbonyl (C=O) groups excluding carboxylic acids is 1. The Balaban J connectivity index is 1.65. The van der Waals surface area contributed by atoms with Gasteiger partial charge in [0.05, 0.1) is 22.3 Å². The number of nitrogens with one attached hydrogen (secondary N) is 2. The molecular formula is C18H12N6O2. The van der Waals surface area contributed by atoms with E-state index in [0.717, 1.165) is 16.5 Å². The molecule has 0 aliphatic carbocycles. The Labute approximate surface area is 146 Å². The first-order valence-electron chi connectivity index (χ1n) is 7.95. The van der Waals surface area contributed by atoms with Crippen LogP contribution in [-0.4, -0.2) is 42.2 Å². The predicted octanol–water partition coefficient (Wildman–Crippen LogP) is 2.68.